The van der Waals surface area contributed by atoms with Gasteiger partial charge in [0.15, 0.2) is 0 Å². The fourth-order valence-corrected chi connectivity index (χ4v) is 6.85. The van der Waals surface area contributed by atoms with Crippen LogP contribution in [0.2, 0.25) is 0 Å². The number of unbranched alkanes of at least 4 members (excludes halogenated alkanes) is 15. The lowest BCUT2D eigenvalue weighted by atomic mass is 9.89. The number of likely N-dealkylation sites (tertiary alicyclic amines) is 1. The van der Waals surface area contributed by atoms with E-state index in [2.05, 4.69) is 21.0 Å². The molecule has 6 heteroatoms. The molecule has 0 aromatic carbocycles. The van der Waals surface area contributed by atoms with Gasteiger partial charge >= 0.3 is 7.82 Å². The van der Waals surface area contributed by atoms with Gasteiger partial charge in [0.05, 0.1) is 33.2 Å². The molecule has 0 radical (unpaired) electrons. The van der Waals surface area contributed by atoms with Crippen LogP contribution in [0.5, 0.6) is 0 Å². The Morgan fingerprint density at radius 2 is 1.29 bits per heavy atom. The Kier molecular flexibility index (Phi) is 12.1. The van der Waals surface area contributed by atoms with Crippen LogP contribution in [-0.4, -0.2) is 41.8 Å². The molecule has 2 heterocycles. The summed E-state index contributed by atoms with van der Waals surface area (Å²) in [7, 11) is 0.349. The molecule has 2 fully saturated rings. The van der Waals surface area contributed by atoms with Gasteiger partial charge < -0.3 is 9.38 Å². The van der Waals surface area contributed by atoms with E-state index in [1.807, 2.05) is 0 Å². The summed E-state index contributed by atoms with van der Waals surface area (Å²) in [5.74, 6) is 0. The van der Waals surface area contributed by atoms with Crippen LogP contribution in [-0.2, 0) is 13.6 Å². The third-order valence-electron chi connectivity index (χ3n) is 7.65. The van der Waals surface area contributed by atoms with E-state index in [0.29, 0.717) is 4.48 Å². The lowest BCUT2D eigenvalue weighted by Gasteiger charge is -2.55. The van der Waals surface area contributed by atoms with Crippen molar-refractivity contribution < 1.29 is 23.0 Å². The number of hydrogen-bond donors (Lipinski definition) is 1. The summed E-state index contributed by atoms with van der Waals surface area (Å²) in [4.78, 5) is 10.0. The molecule has 2 saturated heterocycles. The predicted octanol–water partition coefficient (Wildman–Crippen LogP) is 7.72. The molecule has 2 aliphatic rings. The molecule has 31 heavy (non-hydrogen) atoms. The third kappa shape index (κ3) is 9.45. The quantitative estimate of drug-likeness (QED) is 0.137. The Morgan fingerprint density at radius 3 is 1.77 bits per heavy atom. The average molecular weight is 461 g/mol. The van der Waals surface area contributed by atoms with Gasteiger partial charge in [-0.1, -0.05) is 103 Å². The Bertz CT molecular complexity index is 542. The minimum atomic E-state index is -3.92. The van der Waals surface area contributed by atoms with Crippen molar-refractivity contribution in [2.75, 3.05) is 20.6 Å². The number of fused-ring (bicyclic) bond motifs is 2. The van der Waals surface area contributed by atoms with Gasteiger partial charge in [-0.05, 0) is 6.42 Å². The molecule has 2 bridgehead atoms. The molecular weight excluding hydrogens is 409 g/mol. The summed E-state index contributed by atoms with van der Waals surface area (Å²) in [6.45, 7) is 3.22. The Hall–Kier alpha value is 0.0700. The summed E-state index contributed by atoms with van der Waals surface area (Å²) in [6.07, 6.45) is 24.0. The van der Waals surface area contributed by atoms with E-state index in [4.69, 9.17) is 9.05 Å². The zero-order valence-electron chi connectivity index (χ0n) is 20.8. The van der Waals surface area contributed by atoms with Gasteiger partial charge in [0.1, 0.15) is 0 Å². The highest BCUT2D eigenvalue weighted by Gasteiger charge is 2.59. The largest absolute Gasteiger partial charge is 0.477 e. The Labute approximate surface area is 192 Å². The van der Waals surface area contributed by atoms with Gasteiger partial charge in [0.2, 0.25) is 5.72 Å². The van der Waals surface area contributed by atoms with Gasteiger partial charge in [-0.2, -0.15) is 0 Å². The minimum Gasteiger partial charge on any atom is -0.302 e. The molecule has 0 saturated carbocycles. The molecule has 0 aliphatic carbocycles. The lowest BCUT2D eigenvalue weighted by molar-refractivity contribution is -0.972. The van der Waals surface area contributed by atoms with Crippen molar-refractivity contribution in [3.63, 3.8) is 0 Å². The maximum atomic E-state index is 12.2. The summed E-state index contributed by atoms with van der Waals surface area (Å²) in [6, 6.07) is 0. The smallest absolute Gasteiger partial charge is 0.302 e. The van der Waals surface area contributed by atoms with Crippen molar-refractivity contribution in [2.45, 2.75) is 141 Å². The molecule has 0 spiro atoms. The first kappa shape index (κ1) is 27.3. The van der Waals surface area contributed by atoms with Crippen LogP contribution in [0, 0.1) is 0 Å². The van der Waals surface area contributed by atoms with Gasteiger partial charge in [0, 0.05) is 12.8 Å². The van der Waals surface area contributed by atoms with Crippen LogP contribution >= 0.6 is 7.82 Å². The maximum absolute atomic E-state index is 12.2. The van der Waals surface area contributed by atoms with E-state index in [-0.39, 0.29) is 6.10 Å². The van der Waals surface area contributed by atoms with Crippen LogP contribution in [0.25, 0.3) is 0 Å². The molecule has 2 aliphatic heterocycles. The first-order chi connectivity index (χ1) is 14.8. The van der Waals surface area contributed by atoms with Crippen molar-refractivity contribution in [3.05, 3.63) is 0 Å². The maximum Gasteiger partial charge on any atom is 0.477 e. The van der Waals surface area contributed by atoms with Crippen LogP contribution in [0.15, 0.2) is 0 Å². The van der Waals surface area contributed by atoms with E-state index in [0.717, 1.165) is 32.2 Å². The highest BCUT2D eigenvalue weighted by Crippen LogP contribution is 2.59. The van der Waals surface area contributed by atoms with E-state index in [1.54, 1.807) is 0 Å². The van der Waals surface area contributed by atoms with Crippen LogP contribution in [0.1, 0.15) is 129 Å². The lowest BCUT2D eigenvalue weighted by Crippen LogP contribution is -2.67. The number of hydrogen-bond acceptors (Lipinski definition) is 3. The summed E-state index contributed by atoms with van der Waals surface area (Å²) in [5.41, 5.74) is -0.554. The van der Waals surface area contributed by atoms with Crippen molar-refractivity contribution in [1.29, 1.82) is 0 Å². The molecule has 1 N–H and O–H groups in total. The van der Waals surface area contributed by atoms with Crippen molar-refractivity contribution in [3.8, 4) is 0 Å². The van der Waals surface area contributed by atoms with Gasteiger partial charge in [-0.25, -0.2) is 9.09 Å². The summed E-state index contributed by atoms with van der Waals surface area (Å²) < 4.78 is 23.9. The summed E-state index contributed by atoms with van der Waals surface area (Å²) >= 11 is 0. The van der Waals surface area contributed by atoms with E-state index in [9.17, 15) is 9.46 Å². The third-order valence-corrected chi connectivity index (χ3v) is 8.78. The number of piperidine rings is 1. The van der Waals surface area contributed by atoms with Crippen LogP contribution in [0.3, 0.4) is 0 Å². The number of rotatable bonds is 17. The van der Waals surface area contributed by atoms with E-state index >= 15 is 0 Å². The fourth-order valence-electron chi connectivity index (χ4n) is 5.44. The molecule has 3 atom stereocenters. The summed E-state index contributed by atoms with van der Waals surface area (Å²) in [5, 5.41) is 0. The Balaban J connectivity index is 1.47. The highest BCUT2D eigenvalue weighted by molar-refractivity contribution is 7.47. The highest BCUT2D eigenvalue weighted by atomic mass is 31.2. The molecule has 5 nitrogen and oxygen atoms in total. The van der Waals surface area contributed by atoms with E-state index < -0.39 is 13.5 Å². The molecular formula is C25H51NO4P+. The fraction of sp³-hybridized carbons (Fsp3) is 1.00. The minimum absolute atomic E-state index is 0.128. The first-order valence-corrected chi connectivity index (χ1v) is 14.8. The first-order valence-electron chi connectivity index (χ1n) is 13.4. The number of phosphoric ester groups is 1. The second kappa shape index (κ2) is 13.7. The molecule has 0 aromatic heterocycles. The standard InChI is InChI=1S/C25H50NO4P/c1-4-5-6-7-8-9-10-11-12-13-14-15-16-17-18-19-21-25-23-24(20-22-26(25,2)3)29-31(27,28)30-25/h24H,4-23H2,1-3H3/p+1. The van der Waals surface area contributed by atoms with Crippen molar-refractivity contribution in [2.24, 2.45) is 0 Å². The second-order valence-electron chi connectivity index (χ2n) is 10.7. The predicted molar refractivity (Wildman–Crippen MR) is 129 cm³/mol. The van der Waals surface area contributed by atoms with Crippen LogP contribution in [0.4, 0.5) is 0 Å². The normalized spacial score (nSPS) is 29.9. The van der Waals surface area contributed by atoms with Crippen molar-refractivity contribution >= 4 is 7.82 Å². The Morgan fingerprint density at radius 1 is 0.839 bits per heavy atom. The molecule has 2 rings (SSSR count). The van der Waals surface area contributed by atoms with Gasteiger partial charge in [-0.3, -0.25) is 4.52 Å². The number of nitrogens with zero attached hydrogens (tertiary/aromatic N) is 1. The SMILES string of the molecule is CCCCCCCCCCCCCCCCCCC12CC(CC[N+]1(C)C)OP(=O)(O)O2. The molecule has 0 amide bonds. The molecule has 184 valence electrons. The zero-order chi connectivity index (χ0) is 22.6. The molecule has 3 unspecified atom stereocenters. The number of quaternary nitrogens is 1. The zero-order valence-corrected chi connectivity index (χ0v) is 21.7. The molecule has 0 aromatic rings. The van der Waals surface area contributed by atoms with Gasteiger partial charge in [0.25, 0.3) is 0 Å². The number of phosphoric acid groups is 1. The monoisotopic (exact) mass is 460 g/mol. The second-order valence-corrected chi connectivity index (χ2v) is 12.0. The average Bonchev–Trinajstić information content (AvgIpc) is 2.70. The van der Waals surface area contributed by atoms with Crippen LogP contribution < -0.4 is 0 Å². The topological polar surface area (TPSA) is 55.8 Å². The van der Waals surface area contributed by atoms with E-state index in [1.165, 1.54) is 96.3 Å². The van der Waals surface area contributed by atoms with Crippen molar-refractivity contribution in [1.82, 2.24) is 0 Å². The van der Waals surface area contributed by atoms with Gasteiger partial charge in [-0.15, -0.1) is 0 Å².